The van der Waals surface area contributed by atoms with E-state index in [9.17, 15) is 5.11 Å². The molecule has 0 radical (unpaired) electrons. The smallest absolute Gasteiger partial charge is 0.134 e. The number of aryl methyl sites for hydroxylation is 1. The predicted octanol–water partition coefficient (Wildman–Crippen LogP) is 4.03. The van der Waals surface area contributed by atoms with Crippen LogP contribution >= 0.6 is 0 Å². The summed E-state index contributed by atoms with van der Waals surface area (Å²) in [6, 6.07) is 12.9. The van der Waals surface area contributed by atoms with Gasteiger partial charge in [-0.15, -0.1) is 0 Å². The van der Waals surface area contributed by atoms with Crippen molar-refractivity contribution in [2.45, 2.75) is 13.5 Å². The zero-order chi connectivity index (χ0) is 13.2. The van der Waals surface area contributed by atoms with Gasteiger partial charge in [0.15, 0.2) is 0 Å². The summed E-state index contributed by atoms with van der Waals surface area (Å²) in [4.78, 5) is 0. The van der Waals surface area contributed by atoms with Crippen LogP contribution < -0.4 is 4.74 Å². The van der Waals surface area contributed by atoms with E-state index < -0.39 is 0 Å². The van der Waals surface area contributed by atoms with Gasteiger partial charge in [-0.05, 0) is 37.3 Å². The Morgan fingerprint density at radius 1 is 1.11 bits per heavy atom. The Morgan fingerprint density at radius 3 is 2.68 bits per heavy atom. The Bertz CT molecular complexity index is 696. The summed E-state index contributed by atoms with van der Waals surface area (Å²) in [7, 11) is 0. The van der Waals surface area contributed by atoms with Gasteiger partial charge >= 0.3 is 0 Å². The zero-order valence-corrected chi connectivity index (χ0v) is 10.6. The van der Waals surface area contributed by atoms with Crippen molar-refractivity contribution in [3.05, 3.63) is 59.9 Å². The van der Waals surface area contributed by atoms with Gasteiger partial charge in [-0.25, -0.2) is 0 Å². The molecule has 0 unspecified atom stereocenters. The Hall–Kier alpha value is -2.42. The monoisotopic (exact) mass is 254 g/mol. The number of hydrogen-bond donors (Lipinski definition) is 1. The van der Waals surface area contributed by atoms with E-state index in [4.69, 9.17) is 9.15 Å². The minimum atomic E-state index is 0.227. The minimum absolute atomic E-state index is 0.227. The van der Waals surface area contributed by atoms with Crippen molar-refractivity contribution in [3.63, 3.8) is 0 Å². The number of fused-ring (bicyclic) bond motifs is 1. The normalized spacial score (nSPS) is 10.8. The zero-order valence-electron chi connectivity index (χ0n) is 10.6. The number of rotatable bonds is 3. The van der Waals surface area contributed by atoms with Gasteiger partial charge in [-0.3, -0.25) is 0 Å². The molecule has 0 fully saturated rings. The van der Waals surface area contributed by atoms with Crippen LogP contribution in [0.5, 0.6) is 11.5 Å². The number of hydrogen-bond acceptors (Lipinski definition) is 3. The summed E-state index contributed by atoms with van der Waals surface area (Å²) in [6.07, 6.45) is 1.66. The number of benzene rings is 2. The first-order chi connectivity index (χ1) is 9.22. The van der Waals surface area contributed by atoms with Crippen LogP contribution in [0.15, 0.2) is 53.1 Å². The quantitative estimate of drug-likeness (QED) is 0.767. The standard InChI is InChI=1S/C16H14O3/c1-11-2-5-14(6-3-11)18-9-12-10-19-16-7-4-13(17)8-15(12)16/h2-8,10,17H,9H2,1H3. The van der Waals surface area contributed by atoms with E-state index in [1.165, 1.54) is 5.56 Å². The number of aromatic hydroxyl groups is 1. The highest BCUT2D eigenvalue weighted by molar-refractivity contribution is 5.82. The Morgan fingerprint density at radius 2 is 1.89 bits per heavy atom. The molecular formula is C16H14O3. The molecule has 3 aromatic rings. The van der Waals surface area contributed by atoms with Crippen LogP contribution in [0.25, 0.3) is 11.0 Å². The van der Waals surface area contributed by atoms with E-state index in [2.05, 4.69) is 0 Å². The van der Waals surface area contributed by atoms with Crippen molar-refractivity contribution in [2.75, 3.05) is 0 Å². The fourth-order valence-electron chi connectivity index (χ4n) is 1.98. The van der Waals surface area contributed by atoms with E-state index in [1.54, 1.807) is 24.5 Å². The molecule has 19 heavy (non-hydrogen) atoms. The highest BCUT2D eigenvalue weighted by atomic mass is 16.5. The van der Waals surface area contributed by atoms with Crippen LogP contribution in [0.4, 0.5) is 0 Å². The summed E-state index contributed by atoms with van der Waals surface area (Å²) in [5, 5.41) is 10.4. The van der Waals surface area contributed by atoms with E-state index in [1.807, 2.05) is 31.2 Å². The first-order valence-electron chi connectivity index (χ1n) is 6.11. The maximum Gasteiger partial charge on any atom is 0.134 e. The van der Waals surface area contributed by atoms with Crippen molar-refractivity contribution in [3.8, 4) is 11.5 Å². The second-order valence-electron chi connectivity index (χ2n) is 4.54. The highest BCUT2D eigenvalue weighted by Crippen LogP contribution is 2.26. The van der Waals surface area contributed by atoms with Crippen molar-refractivity contribution >= 4 is 11.0 Å². The molecule has 0 aliphatic rings. The van der Waals surface area contributed by atoms with Gasteiger partial charge in [0, 0.05) is 10.9 Å². The van der Waals surface area contributed by atoms with Crippen LogP contribution in [0.3, 0.4) is 0 Å². The van der Waals surface area contributed by atoms with Gasteiger partial charge in [0.25, 0.3) is 0 Å². The summed E-state index contributed by atoms with van der Waals surface area (Å²) < 4.78 is 11.1. The average molecular weight is 254 g/mol. The lowest BCUT2D eigenvalue weighted by Crippen LogP contribution is -1.94. The van der Waals surface area contributed by atoms with Crippen LogP contribution in [-0.2, 0) is 6.61 Å². The molecule has 0 aliphatic heterocycles. The van der Waals surface area contributed by atoms with Crippen LogP contribution in [0.2, 0.25) is 0 Å². The Balaban J connectivity index is 1.81. The molecule has 0 amide bonds. The topological polar surface area (TPSA) is 42.6 Å². The molecule has 0 saturated heterocycles. The van der Waals surface area contributed by atoms with Crippen molar-refractivity contribution in [1.82, 2.24) is 0 Å². The fraction of sp³-hybridized carbons (Fsp3) is 0.125. The number of phenolic OH excluding ortho intramolecular Hbond substituents is 1. The van der Waals surface area contributed by atoms with Gasteiger partial charge < -0.3 is 14.3 Å². The molecule has 3 nitrogen and oxygen atoms in total. The molecule has 1 aromatic heterocycles. The maximum atomic E-state index is 9.51. The summed E-state index contributed by atoms with van der Waals surface area (Å²) in [6.45, 7) is 2.45. The molecule has 3 heteroatoms. The Labute approximate surface area is 111 Å². The fourth-order valence-corrected chi connectivity index (χ4v) is 1.98. The van der Waals surface area contributed by atoms with Crippen LogP contribution in [0.1, 0.15) is 11.1 Å². The summed E-state index contributed by atoms with van der Waals surface area (Å²) >= 11 is 0. The molecule has 3 rings (SSSR count). The van der Waals surface area contributed by atoms with Gasteiger partial charge in [0.1, 0.15) is 23.7 Å². The van der Waals surface area contributed by atoms with Crippen molar-refractivity contribution < 1.29 is 14.3 Å². The Kier molecular flexibility index (Phi) is 2.88. The van der Waals surface area contributed by atoms with E-state index in [0.29, 0.717) is 6.61 Å². The van der Waals surface area contributed by atoms with Gasteiger partial charge in [0.05, 0.1) is 6.26 Å². The lowest BCUT2D eigenvalue weighted by Gasteiger charge is -2.05. The number of furan rings is 1. The third-order valence-corrected chi connectivity index (χ3v) is 3.05. The van der Waals surface area contributed by atoms with Crippen LogP contribution in [0, 0.1) is 6.92 Å². The van der Waals surface area contributed by atoms with E-state index in [0.717, 1.165) is 22.3 Å². The molecular weight excluding hydrogens is 240 g/mol. The molecule has 1 heterocycles. The molecule has 0 bridgehead atoms. The van der Waals surface area contributed by atoms with Crippen LogP contribution in [-0.4, -0.2) is 5.11 Å². The third-order valence-electron chi connectivity index (χ3n) is 3.05. The first-order valence-corrected chi connectivity index (χ1v) is 6.11. The SMILES string of the molecule is Cc1ccc(OCc2coc3ccc(O)cc23)cc1. The third kappa shape index (κ3) is 2.40. The predicted molar refractivity (Wildman–Crippen MR) is 73.4 cm³/mol. The molecule has 96 valence electrons. The average Bonchev–Trinajstić information content (AvgIpc) is 2.80. The molecule has 0 aliphatic carbocycles. The molecule has 1 N–H and O–H groups in total. The number of ether oxygens (including phenoxy) is 1. The first kappa shape index (κ1) is 11.7. The van der Waals surface area contributed by atoms with E-state index >= 15 is 0 Å². The summed E-state index contributed by atoms with van der Waals surface area (Å²) in [5.41, 5.74) is 2.87. The molecule has 0 spiro atoms. The molecule has 0 atom stereocenters. The van der Waals surface area contributed by atoms with Gasteiger partial charge in [0.2, 0.25) is 0 Å². The van der Waals surface area contributed by atoms with E-state index in [-0.39, 0.29) is 5.75 Å². The number of phenols is 1. The molecule has 0 saturated carbocycles. The molecule has 2 aromatic carbocycles. The van der Waals surface area contributed by atoms with Crippen molar-refractivity contribution in [1.29, 1.82) is 0 Å². The summed E-state index contributed by atoms with van der Waals surface area (Å²) in [5.74, 6) is 1.05. The highest BCUT2D eigenvalue weighted by Gasteiger charge is 2.07. The van der Waals surface area contributed by atoms with Crippen molar-refractivity contribution in [2.24, 2.45) is 0 Å². The van der Waals surface area contributed by atoms with Gasteiger partial charge in [-0.2, -0.15) is 0 Å². The lowest BCUT2D eigenvalue weighted by molar-refractivity contribution is 0.306. The second-order valence-corrected chi connectivity index (χ2v) is 4.54. The van der Waals surface area contributed by atoms with Gasteiger partial charge in [-0.1, -0.05) is 17.7 Å². The largest absolute Gasteiger partial charge is 0.508 e. The lowest BCUT2D eigenvalue weighted by atomic mass is 10.2. The minimum Gasteiger partial charge on any atom is -0.508 e. The maximum absolute atomic E-state index is 9.51. The second kappa shape index (κ2) is 4.69.